The highest BCUT2D eigenvalue weighted by Crippen LogP contribution is 2.37. The zero-order chi connectivity index (χ0) is 23.7. The lowest BCUT2D eigenvalue weighted by Gasteiger charge is -2.15. The third kappa shape index (κ3) is 3.98. The second-order valence-electron chi connectivity index (χ2n) is 7.64. The van der Waals surface area contributed by atoms with Gasteiger partial charge in [-0.2, -0.15) is 0 Å². The van der Waals surface area contributed by atoms with E-state index in [2.05, 4.69) is 10.6 Å². The summed E-state index contributed by atoms with van der Waals surface area (Å²) in [5, 5.41) is 17.0. The van der Waals surface area contributed by atoms with Crippen LogP contribution in [0, 0.1) is 10.1 Å². The van der Waals surface area contributed by atoms with Crippen molar-refractivity contribution in [3.8, 4) is 28.2 Å². The van der Waals surface area contributed by atoms with Crippen LogP contribution in [0.25, 0.3) is 34.3 Å². The third-order valence-corrected chi connectivity index (χ3v) is 5.69. The number of nitro benzene ring substituents is 1. The van der Waals surface area contributed by atoms with Crippen LogP contribution in [0.3, 0.4) is 0 Å². The van der Waals surface area contributed by atoms with E-state index in [1.165, 1.54) is 12.1 Å². The predicted octanol–water partition coefficient (Wildman–Crippen LogP) is 5.06. The van der Waals surface area contributed by atoms with Crippen LogP contribution < -0.4 is 10.6 Å². The normalized spacial score (nSPS) is 14.2. The fraction of sp³-hybridized carbons (Fsp3) is 0. The van der Waals surface area contributed by atoms with Crippen LogP contribution >= 0.6 is 12.2 Å². The Morgan fingerprint density at radius 1 is 0.853 bits per heavy atom. The summed E-state index contributed by atoms with van der Waals surface area (Å²) >= 11 is 5.09. The molecule has 2 N–H and O–H groups in total. The van der Waals surface area contributed by atoms with E-state index < -0.39 is 4.92 Å². The van der Waals surface area contributed by atoms with Crippen LogP contribution in [0.5, 0.6) is 0 Å². The van der Waals surface area contributed by atoms with Crippen molar-refractivity contribution in [3.05, 3.63) is 112 Å². The molecule has 0 spiro atoms. The Morgan fingerprint density at radius 3 is 2.03 bits per heavy atom. The van der Waals surface area contributed by atoms with E-state index in [1.807, 2.05) is 71.3 Å². The van der Waals surface area contributed by atoms with Crippen molar-refractivity contribution in [2.45, 2.75) is 0 Å². The summed E-state index contributed by atoms with van der Waals surface area (Å²) in [4.78, 5) is 23.2. The summed E-state index contributed by atoms with van der Waals surface area (Å²) in [6, 6.07) is 28.1. The largest absolute Gasteiger partial charge is 0.328 e. The minimum atomic E-state index is -0.418. The lowest BCUT2D eigenvalue weighted by atomic mass is 10.1. The molecular formula is C26H18N4O3S. The van der Waals surface area contributed by atoms with Crippen molar-refractivity contribution in [1.29, 1.82) is 0 Å². The van der Waals surface area contributed by atoms with Gasteiger partial charge >= 0.3 is 0 Å². The van der Waals surface area contributed by atoms with Crippen LogP contribution in [0.4, 0.5) is 5.69 Å². The lowest BCUT2D eigenvalue weighted by Crippen LogP contribution is -2.21. The van der Waals surface area contributed by atoms with Crippen molar-refractivity contribution in [2.75, 3.05) is 0 Å². The Morgan fingerprint density at radius 2 is 1.47 bits per heavy atom. The Balaban J connectivity index is 1.81. The molecule has 1 amide bonds. The van der Waals surface area contributed by atoms with Gasteiger partial charge in [-0.3, -0.25) is 20.2 Å². The van der Waals surface area contributed by atoms with Gasteiger partial charge in [-0.1, -0.05) is 60.7 Å². The number of nitrogens with one attached hydrogen (secondary N) is 2. The molecule has 1 saturated heterocycles. The molecule has 166 valence electrons. The molecule has 4 aromatic rings. The molecule has 0 unspecified atom stereocenters. The number of carbonyl (C=O) groups is 1. The standard InChI is InChI=1S/C26H18N4O3S/c31-25-22(27-26(34)28-25)15-19-16-23(17-7-3-1-4-8-17)29(24(19)18-9-5-2-6-10-18)20-11-13-21(14-12-20)30(32)33/h1-16H,(H2,27,28,31,34)/b22-15-. The fourth-order valence-electron chi connectivity index (χ4n) is 3.98. The smallest absolute Gasteiger partial charge is 0.273 e. The zero-order valence-electron chi connectivity index (χ0n) is 17.8. The van der Waals surface area contributed by atoms with Crippen molar-refractivity contribution in [1.82, 2.24) is 15.2 Å². The van der Waals surface area contributed by atoms with Gasteiger partial charge in [-0.05, 0) is 47.6 Å². The summed E-state index contributed by atoms with van der Waals surface area (Å²) < 4.78 is 2.05. The second-order valence-corrected chi connectivity index (χ2v) is 8.05. The highest BCUT2D eigenvalue weighted by molar-refractivity contribution is 7.80. The van der Waals surface area contributed by atoms with Crippen LogP contribution in [0.2, 0.25) is 0 Å². The summed E-state index contributed by atoms with van der Waals surface area (Å²) in [6.07, 6.45) is 1.77. The van der Waals surface area contributed by atoms with Gasteiger partial charge in [0.1, 0.15) is 5.70 Å². The molecule has 0 saturated carbocycles. The van der Waals surface area contributed by atoms with Gasteiger partial charge in [-0.15, -0.1) is 0 Å². The number of benzene rings is 3. The molecule has 34 heavy (non-hydrogen) atoms. The highest BCUT2D eigenvalue weighted by Gasteiger charge is 2.24. The first-order valence-corrected chi connectivity index (χ1v) is 10.9. The summed E-state index contributed by atoms with van der Waals surface area (Å²) in [5.74, 6) is -0.298. The maximum atomic E-state index is 12.4. The van der Waals surface area contributed by atoms with Crippen molar-refractivity contribution < 1.29 is 9.72 Å². The maximum Gasteiger partial charge on any atom is 0.273 e. The van der Waals surface area contributed by atoms with Gasteiger partial charge in [0.15, 0.2) is 5.11 Å². The maximum absolute atomic E-state index is 12.4. The van der Waals surface area contributed by atoms with Crippen LogP contribution in [-0.2, 0) is 4.79 Å². The van der Waals surface area contributed by atoms with E-state index in [1.54, 1.807) is 18.2 Å². The summed E-state index contributed by atoms with van der Waals surface area (Å²) in [6.45, 7) is 0. The first-order valence-electron chi connectivity index (χ1n) is 10.5. The number of aromatic nitrogens is 1. The minimum Gasteiger partial charge on any atom is -0.328 e. The number of thiocarbonyl (C=S) groups is 1. The van der Waals surface area contributed by atoms with E-state index in [9.17, 15) is 14.9 Å². The van der Waals surface area contributed by atoms with E-state index in [4.69, 9.17) is 12.2 Å². The monoisotopic (exact) mass is 466 g/mol. The zero-order valence-corrected chi connectivity index (χ0v) is 18.6. The Labute approximate surface area is 200 Å². The fourth-order valence-corrected chi connectivity index (χ4v) is 4.19. The number of carbonyl (C=O) groups excluding carboxylic acids is 1. The molecule has 7 nitrogen and oxygen atoms in total. The van der Waals surface area contributed by atoms with Crippen LogP contribution in [0.1, 0.15) is 5.56 Å². The van der Waals surface area contributed by atoms with Gasteiger partial charge in [-0.25, -0.2) is 0 Å². The molecule has 5 rings (SSSR count). The quantitative estimate of drug-likeness (QED) is 0.186. The average Bonchev–Trinajstić information content (AvgIpc) is 3.39. The Hall–Kier alpha value is -4.56. The highest BCUT2D eigenvalue weighted by atomic mass is 32.1. The number of non-ortho nitro benzene ring substituents is 1. The SMILES string of the molecule is O=C1NC(=S)N/C1=C\c1cc(-c2ccccc2)n(-c2ccc([N+](=O)[O-])cc2)c1-c1ccccc1. The van der Waals surface area contributed by atoms with Gasteiger partial charge in [0.05, 0.1) is 16.3 Å². The number of hydrogen-bond donors (Lipinski definition) is 2. The molecule has 1 fully saturated rings. The van der Waals surface area contributed by atoms with Crippen LogP contribution in [-0.4, -0.2) is 20.5 Å². The number of amides is 1. The molecule has 3 aromatic carbocycles. The number of rotatable bonds is 5. The van der Waals surface area contributed by atoms with E-state index in [0.717, 1.165) is 33.8 Å². The molecule has 2 heterocycles. The van der Waals surface area contributed by atoms with Gasteiger partial charge in [0.2, 0.25) is 0 Å². The predicted molar refractivity (Wildman–Crippen MR) is 135 cm³/mol. The van der Waals surface area contributed by atoms with E-state index >= 15 is 0 Å². The Kier molecular flexibility index (Phi) is 5.49. The van der Waals surface area contributed by atoms with Gasteiger partial charge < -0.3 is 9.88 Å². The molecule has 0 radical (unpaired) electrons. The van der Waals surface area contributed by atoms with Crippen molar-refractivity contribution in [2.24, 2.45) is 0 Å². The summed E-state index contributed by atoms with van der Waals surface area (Å²) in [7, 11) is 0. The first-order chi connectivity index (χ1) is 16.5. The van der Waals surface area contributed by atoms with E-state index in [-0.39, 0.29) is 16.7 Å². The minimum absolute atomic E-state index is 0.0149. The molecule has 0 bridgehead atoms. The molecule has 0 aliphatic carbocycles. The number of hydrogen-bond acceptors (Lipinski definition) is 4. The van der Waals surface area contributed by atoms with Crippen LogP contribution in [0.15, 0.2) is 96.7 Å². The molecule has 8 heteroatoms. The second kappa shape index (κ2) is 8.76. The summed E-state index contributed by atoms with van der Waals surface area (Å²) in [5.41, 5.74) is 5.52. The molecule has 1 aromatic heterocycles. The molecule has 1 aliphatic heterocycles. The molecule has 1 aliphatic rings. The van der Waals surface area contributed by atoms with Crippen molar-refractivity contribution >= 4 is 35.0 Å². The number of nitrogens with zero attached hydrogens (tertiary/aromatic N) is 2. The first kappa shape index (κ1) is 21.3. The van der Waals surface area contributed by atoms with Gasteiger partial charge in [0.25, 0.3) is 11.6 Å². The van der Waals surface area contributed by atoms with Crippen molar-refractivity contribution in [3.63, 3.8) is 0 Å². The topological polar surface area (TPSA) is 89.2 Å². The average molecular weight is 467 g/mol. The Bertz CT molecular complexity index is 1440. The third-order valence-electron chi connectivity index (χ3n) is 5.49. The van der Waals surface area contributed by atoms with E-state index in [0.29, 0.717) is 5.70 Å². The number of nitro groups is 1. The lowest BCUT2D eigenvalue weighted by molar-refractivity contribution is -0.384. The molecular weight excluding hydrogens is 448 g/mol. The molecule has 0 atom stereocenters. The van der Waals surface area contributed by atoms with Gasteiger partial charge in [0, 0.05) is 23.4 Å².